The zero-order valence-electron chi connectivity index (χ0n) is 14.6. The van der Waals surface area contributed by atoms with Crippen LogP contribution in [-0.2, 0) is 11.2 Å². The molecule has 0 radical (unpaired) electrons. The highest BCUT2D eigenvalue weighted by Crippen LogP contribution is 2.16. The van der Waals surface area contributed by atoms with Crippen LogP contribution in [0, 0.1) is 27.7 Å². The van der Waals surface area contributed by atoms with E-state index in [1.54, 1.807) is 18.5 Å². The van der Waals surface area contributed by atoms with E-state index >= 15 is 0 Å². The number of rotatable bonds is 6. The van der Waals surface area contributed by atoms with E-state index in [9.17, 15) is 9.59 Å². The van der Waals surface area contributed by atoms with Gasteiger partial charge in [0.05, 0.1) is 12.1 Å². The van der Waals surface area contributed by atoms with Gasteiger partial charge in [0.1, 0.15) is 0 Å². The average molecular weight is 332 g/mol. The number of H-pyrrole nitrogens is 1. The maximum absolute atomic E-state index is 12.0. The SMILES string of the molecule is Cc1nn(-c2nc(C)c(C)c(=O)[nH]2)c(C)c1CC(=O)NCCCN. The first kappa shape index (κ1) is 17.9. The summed E-state index contributed by atoms with van der Waals surface area (Å²) >= 11 is 0. The van der Waals surface area contributed by atoms with Crippen molar-refractivity contribution >= 4 is 5.91 Å². The van der Waals surface area contributed by atoms with E-state index in [0.717, 1.165) is 23.4 Å². The summed E-state index contributed by atoms with van der Waals surface area (Å²) in [6, 6.07) is 0. The normalized spacial score (nSPS) is 10.9. The second-order valence-electron chi connectivity index (χ2n) is 5.83. The minimum Gasteiger partial charge on any atom is -0.356 e. The molecule has 130 valence electrons. The number of hydrogen-bond acceptors (Lipinski definition) is 5. The number of carbonyl (C=O) groups excluding carboxylic acids is 1. The lowest BCUT2D eigenvalue weighted by atomic mass is 10.1. The molecule has 0 spiro atoms. The van der Waals surface area contributed by atoms with Crippen LogP contribution in [-0.4, -0.2) is 38.7 Å². The lowest BCUT2D eigenvalue weighted by Gasteiger charge is -2.07. The van der Waals surface area contributed by atoms with Gasteiger partial charge in [-0.1, -0.05) is 0 Å². The molecule has 1 amide bonds. The van der Waals surface area contributed by atoms with E-state index < -0.39 is 0 Å². The number of carbonyl (C=O) groups is 1. The number of aromatic amines is 1. The van der Waals surface area contributed by atoms with Gasteiger partial charge in [0, 0.05) is 29.1 Å². The highest BCUT2D eigenvalue weighted by molar-refractivity contribution is 5.79. The summed E-state index contributed by atoms with van der Waals surface area (Å²) in [5.74, 6) is 0.286. The molecule has 0 unspecified atom stereocenters. The van der Waals surface area contributed by atoms with Crippen molar-refractivity contribution in [3.63, 3.8) is 0 Å². The third-order valence-corrected chi connectivity index (χ3v) is 4.06. The van der Waals surface area contributed by atoms with E-state index in [2.05, 4.69) is 20.4 Å². The second-order valence-corrected chi connectivity index (χ2v) is 5.83. The molecule has 0 saturated heterocycles. The Labute approximate surface area is 140 Å². The molecule has 2 rings (SSSR count). The van der Waals surface area contributed by atoms with Gasteiger partial charge in [-0.25, -0.2) is 9.67 Å². The van der Waals surface area contributed by atoms with Crippen molar-refractivity contribution in [1.82, 2.24) is 25.1 Å². The molecule has 8 heteroatoms. The number of hydrogen-bond donors (Lipinski definition) is 3. The molecule has 0 aliphatic rings. The monoisotopic (exact) mass is 332 g/mol. The van der Waals surface area contributed by atoms with E-state index in [0.29, 0.717) is 30.3 Å². The van der Waals surface area contributed by atoms with Crippen LogP contribution >= 0.6 is 0 Å². The van der Waals surface area contributed by atoms with E-state index in [4.69, 9.17) is 5.73 Å². The largest absolute Gasteiger partial charge is 0.356 e. The second kappa shape index (κ2) is 7.39. The third kappa shape index (κ3) is 3.70. The van der Waals surface area contributed by atoms with Crippen LogP contribution in [0.1, 0.15) is 34.6 Å². The predicted octanol–water partition coefficient (Wildman–Crippen LogP) is 0.197. The van der Waals surface area contributed by atoms with Crippen molar-refractivity contribution in [2.75, 3.05) is 13.1 Å². The molecular formula is C16H24N6O2. The molecule has 2 aromatic heterocycles. The van der Waals surface area contributed by atoms with Crippen LogP contribution in [0.2, 0.25) is 0 Å². The van der Waals surface area contributed by atoms with Gasteiger partial charge in [0.15, 0.2) is 0 Å². The number of aryl methyl sites for hydroxylation is 2. The van der Waals surface area contributed by atoms with Gasteiger partial charge in [-0.2, -0.15) is 5.10 Å². The lowest BCUT2D eigenvalue weighted by Crippen LogP contribution is -2.27. The van der Waals surface area contributed by atoms with Gasteiger partial charge >= 0.3 is 0 Å². The zero-order chi connectivity index (χ0) is 17.9. The van der Waals surface area contributed by atoms with Crippen LogP contribution < -0.4 is 16.6 Å². The fourth-order valence-electron chi connectivity index (χ4n) is 2.42. The summed E-state index contributed by atoms with van der Waals surface area (Å²) < 4.78 is 1.58. The van der Waals surface area contributed by atoms with Gasteiger partial charge < -0.3 is 11.1 Å². The Bertz CT molecular complexity index is 806. The number of nitrogens with one attached hydrogen (secondary N) is 2. The van der Waals surface area contributed by atoms with Crippen LogP contribution in [0.15, 0.2) is 4.79 Å². The van der Waals surface area contributed by atoms with Gasteiger partial charge in [0.2, 0.25) is 11.9 Å². The summed E-state index contributed by atoms with van der Waals surface area (Å²) in [5, 5.41) is 7.26. The molecule has 8 nitrogen and oxygen atoms in total. The van der Waals surface area contributed by atoms with Crippen molar-refractivity contribution < 1.29 is 4.79 Å². The Morgan fingerprint density at radius 2 is 1.96 bits per heavy atom. The Kier molecular flexibility index (Phi) is 5.50. The van der Waals surface area contributed by atoms with E-state index in [-0.39, 0.29) is 17.9 Å². The number of aromatic nitrogens is 4. The van der Waals surface area contributed by atoms with Crippen LogP contribution in [0.4, 0.5) is 0 Å². The number of amides is 1. The molecule has 4 N–H and O–H groups in total. The first-order valence-corrected chi connectivity index (χ1v) is 7.95. The van der Waals surface area contributed by atoms with Crippen molar-refractivity contribution in [3.05, 3.63) is 38.6 Å². The first-order chi connectivity index (χ1) is 11.3. The topological polar surface area (TPSA) is 119 Å². The van der Waals surface area contributed by atoms with Crippen LogP contribution in [0.5, 0.6) is 0 Å². The average Bonchev–Trinajstić information content (AvgIpc) is 2.80. The Morgan fingerprint density at radius 1 is 1.25 bits per heavy atom. The minimum absolute atomic E-state index is 0.0734. The quantitative estimate of drug-likeness (QED) is 0.653. The molecule has 2 heterocycles. The zero-order valence-corrected chi connectivity index (χ0v) is 14.6. The predicted molar refractivity (Wildman–Crippen MR) is 91.3 cm³/mol. The fraction of sp³-hybridized carbons (Fsp3) is 0.500. The standard InChI is InChI=1S/C16H24N6O2/c1-9-10(2)19-16(20-15(9)24)22-12(4)13(11(3)21-22)8-14(23)18-7-5-6-17/h5-8,17H2,1-4H3,(H,18,23)(H,19,20,24). The smallest absolute Gasteiger partial charge is 0.255 e. The molecule has 0 fully saturated rings. The lowest BCUT2D eigenvalue weighted by molar-refractivity contribution is -0.120. The maximum atomic E-state index is 12.0. The van der Waals surface area contributed by atoms with Crippen molar-refractivity contribution in [1.29, 1.82) is 0 Å². The fourth-order valence-corrected chi connectivity index (χ4v) is 2.42. The summed E-state index contributed by atoms with van der Waals surface area (Å²) in [6.07, 6.45) is 0.980. The molecular weight excluding hydrogens is 308 g/mol. The number of nitrogens with zero attached hydrogens (tertiary/aromatic N) is 3. The van der Waals surface area contributed by atoms with Crippen LogP contribution in [0.25, 0.3) is 5.95 Å². The summed E-state index contributed by atoms with van der Waals surface area (Å²) in [4.78, 5) is 31.1. The maximum Gasteiger partial charge on any atom is 0.255 e. The highest BCUT2D eigenvalue weighted by Gasteiger charge is 2.17. The van der Waals surface area contributed by atoms with Gasteiger partial charge in [-0.15, -0.1) is 0 Å². The molecule has 0 atom stereocenters. The highest BCUT2D eigenvalue weighted by atomic mass is 16.1. The van der Waals surface area contributed by atoms with Crippen LogP contribution in [0.3, 0.4) is 0 Å². The van der Waals surface area contributed by atoms with E-state index in [1.807, 2.05) is 13.8 Å². The minimum atomic E-state index is -0.189. The van der Waals surface area contributed by atoms with Crippen molar-refractivity contribution in [3.8, 4) is 5.95 Å². The summed E-state index contributed by atoms with van der Waals surface area (Å²) in [7, 11) is 0. The first-order valence-electron chi connectivity index (χ1n) is 7.95. The molecule has 0 bridgehead atoms. The van der Waals surface area contributed by atoms with Gasteiger partial charge in [-0.05, 0) is 40.7 Å². The van der Waals surface area contributed by atoms with Crippen molar-refractivity contribution in [2.45, 2.75) is 40.5 Å². The molecule has 2 aromatic rings. The number of nitrogens with two attached hydrogens (primary N) is 1. The summed E-state index contributed by atoms with van der Waals surface area (Å²) in [6.45, 7) is 8.31. The van der Waals surface area contributed by atoms with Gasteiger partial charge in [-0.3, -0.25) is 14.6 Å². The third-order valence-electron chi connectivity index (χ3n) is 4.06. The molecule has 0 aromatic carbocycles. The molecule has 0 aliphatic heterocycles. The Morgan fingerprint density at radius 3 is 2.58 bits per heavy atom. The van der Waals surface area contributed by atoms with E-state index in [1.165, 1.54) is 0 Å². The molecule has 0 aliphatic carbocycles. The molecule has 24 heavy (non-hydrogen) atoms. The van der Waals surface area contributed by atoms with Crippen molar-refractivity contribution in [2.24, 2.45) is 5.73 Å². The molecule has 0 saturated carbocycles. The Hall–Kier alpha value is -2.48. The Balaban J connectivity index is 2.29. The summed E-state index contributed by atoms with van der Waals surface area (Å²) in [5.41, 5.74) is 8.82. The van der Waals surface area contributed by atoms with Gasteiger partial charge in [0.25, 0.3) is 5.56 Å².